The lowest BCUT2D eigenvalue weighted by Crippen LogP contribution is -2.33. The number of aryl methyl sites for hydroxylation is 1. The number of aromatic nitrogens is 2. The molecule has 1 N–H and O–H groups in total. The van der Waals surface area contributed by atoms with Crippen molar-refractivity contribution in [1.29, 1.82) is 0 Å². The first-order valence-electron chi connectivity index (χ1n) is 9.42. The van der Waals surface area contributed by atoms with E-state index in [2.05, 4.69) is 29.3 Å². The van der Waals surface area contributed by atoms with Gasteiger partial charge in [-0.3, -0.25) is 4.79 Å². The van der Waals surface area contributed by atoms with Crippen molar-refractivity contribution >= 4 is 5.91 Å². The maximum atomic E-state index is 12.4. The molecule has 1 heterocycles. The second-order valence-corrected chi connectivity index (χ2v) is 8.00. The van der Waals surface area contributed by atoms with Gasteiger partial charge in [0.05, 0.1) is 6.42 Å². The van der Waals surface area contributed by atoms with E-state index in [4.69, 9.17) is 4.52 Å². The monoisotopic (exact) mass is 395 g/mol. The van der Waals surface area contributed by atoms with E-state index in [1.807, 2.05) is 0 Å². The van der Waals surface area contributed by atoms with Gasteiger partial charge in [-0.2, -0.15) is 18.2 Å². The number of halogens is 3. The van der Waals surface area contributed by atoms with Crippen molar-refractivity contribution in [3.05, 3.63) is 35.7 Å². The summed E-state index contributed by atoms with van der Waals surface area (Å²) in [6, 6.07) is 6.58. The number of alkyl halides is 3. The number of nitrogens with one attached hydrogen (secondary N) is 1. The van der Waals surface area contributed by atoms with E-state index in [1.54, 1.807) is 24.3 Å². The van der Waals surface area contributed by atoms with Crippen molar-refractivity contribution in [1.82, 2.24) is 15.5 Å². The summed E-state index contributed by atoms with van der Waals surface area (Å²) >= 11 is 0. The number of hydrogen-bond acceptors (Lipinski definition) is 4. The summed E-state index contributed by atoms with van der Waals surface area (Å²) in [5.74, 6) is 0.472. The van der Waals surface area contributed by atoms with Gasteiger partial charge in [0.15, 0.2) is 5.82 Å². The van der Waals surface area contributed by atoms with Crippen LogP contribution in [0.4, 0.5) is 13.2 Å². The van der Waals surface area contributed by atoms with Gasteiger partial charge in [0.2, 0.25) is 0 Å². The molecule has 1 aliphatic carbocycles. The van der Waals surface area contributed by atoms with Crippen LogP contribution in [-0.2, 0) is 6.42 Å². The zero-order chi connectivity index (χ0) is 20.4. The summed E-state index contributed by atoms with van der Waals surface area (Å²) in [5.41, 5.74) is 1.31. The van der Waals surface area contributed by atoms with E-state index in [9.17, 15) is 18.0 Å². The molecule has 28 heavy (non-hydrogen) atoms. The third-order valence-electron chi connectivity index (χ3n) is 5.48. The van der Waals surface area contributed by atoms with Crippen LogP contribution in [0, 0.1) is 11.3 Å². The van der Waals surface area contributed by atoms with Crippen molar-refractivity contribution in [2.24, 2.45) is 11.3 Å². The van der Waals surface area contributed by atoms with Gasteiger partial charge in [-0.15, -0.1) is 0 Å². The lowest BCUT2D eigenvalue weighted by molar-refractivity contribution is -0.134. The molecule has 1 aliphatic rings. The third kappa shape index (κ3) is 5.11. The van der Waals surface area contributed by atoms with Crippen LogP contribution in [0.3, 0.4) is 0 Å². The standard InChI is InChI=1S/C20H24F3N3O2/c1-19(2)10-3-4-15(19)12-24-17(27)13-5-7-14(8-6-13)18-25-16(26-28-18)9-11-20(21,22)23/h5-8,15H,3-4,9-12H2,1-2H3,(H,24,27). The predicted octanol–water partition coefficient (Wildman–Crippen LogP) is 4.79. The molecular formula is C20H24F3N3O2. The fourth-order valence-corrected chi connectivity index (χ4v) is 3.59. The smallest absolute Gasteiger partial charge is 0.352 e. The van der Waals surface area contributed by atoms with Gasteiger partial charge in [-0.1, -0.05) is 25.4 Å². The highest BCUT2D eigenvalue weighted by molar-refractivity contribution is 5.94. The fraction of sp³-hybridized carbons (Fsp3) is 0.550. The van der Waals surface area contributed by atoms with Crippen LogP contribution in [0.2, 0.25) is 0 Å². The van der Waals surface area contributed by atoms with E-state index in [0.717, 1.165) is 6.42 Å². The van der Waals surface area contributed by atoms with E-state index in [1.165, 1.54) is 12.8 Å². The second-order valence-electron chi connectivity index (χ2n) is 8.00. The topological polar surface area (TPSA) is 68.0 Å². The molecule has 0 radical (unpaired) electrons. The Labute approximate surface area is 161 Å². The summed E-state index contributed by atoms with van der Waals surface area (Å²) in [7, 11) is 0. The summed E-state index contributed by atoms with van der Waals surface area (Å²) in [4.78, 5) is 16.4. The second kappa shape index (κ2) is 7.93. The maximum absolute atomic E-state index is 12.4. The minimum atomic E-state index is -4.26. The van der Waals surface area contributed by atoms with E-state index < -0.39 is 12.6 Å². The van der Waals surface area contributed by atoms with Crippen LogP contribution < -0.4 is 5.32 Å². The molecule has 0 aliphatic heterocycles. The Hall–Kier alpha value is -2.38. The molecule has 152 valence electrons. The molecule has 8 heteroatoms. The molecule has 1 fully saturated rings. The van der Waals surface area contributed by atoms with Crippen LogP contribution in [0.5, 0.6) is 0 Å². The molecule has 1 unspecified atom stereocenters. The predicted molar refractivity (Wildman–Crippen MR) is 97.6 cm³/mol. The number of benzene rings is 1. The molecule has 1 amide bonds. The number of carbonyl (C=O) groups is 1. The minimum absolute atomic E-state index is 0.00771. The summed E-state index contributed by atoms with van der Waals surface area (Å²) in [5, 5.41) is 6.57. The first-order valence-corrected chi connectivity index (χ1v) is 9.42. The van der Waals surface area contributed by atoms with Crippen molar-refractivity contribution in [2.45, 2.75) is 52.1 Å². The zero-order valence-electron chi connectivity index (χ0n) is 16.0. The lowest BCUT2D eigenvalue weighted by Gasteiger charge is -2.27. The van der Waals surface area contributed by atoms with E-state index >= 15 is 0 Å². The van der Waals surface area contributed by atoms with Gasteiger partial charge in [0.25, 0.3) is 11.8 Å². The Bertz CT molecular complexity index is 813. The van der Waals surface area contributed by atoms with E-state index in [0.29, 0.717) is 23.6 Å². The highest BCUT2D eigenvalue weighted by atomic mass is 19.4. The fourth-order valence-electron chi connectivity index (χ4n) is 3.59. The minimum Gasteiger partial charge on any atom is -0.352 e. The molecule has 1 saturated carbocycles. The van der Waals surface area contributed by atoms with Gasteiger partial charge in [0, 0.05) is 24.1 Å². The Morgan fingerprint density at radius 3 is 2.61 bits per heavy atom. The molecule has 0 saturated heterocycles. The first-order chi connectivity index (χ1) is 13.1. The summed E-state index contributed by atoms with van der Waals surface area (Å²) < 4.78 is 41.8. The van der Waals surface area contributed by atoms with Gasteiger partial charge >= 0.3 is 6.18 Å². The molecule has 0 bridgehead atoms. The molecule has 5 nitrogen and oxygen atoms in total. The van der Waals surface area contributed by atoms with Crippen molar-refractivity contribution < 1.29 is 22.5 Å². The van der Waals surface area contributed by atoms with Crippen LogP contribution >= 0.6 is 0 Å². The molecule has 0 spiro atoms. The average Bonchev–Trinajstić information content (AvgIpc) is 3.23. The Balaban J connectivity index is 1.57. The highest BCUT2D eigenvalue weighted by Gasteiger charge is 2.34. The van der Waals surface area contributed by atoms with Crippen LogP contribution in [0.25, 0.3) is 11.5 Å². The van der Waals surface area contributed by atoms with Gasteiger partial charge in [-0.25, -0.2) is 0 Å². The Morgan fingerprint density at radius 2 is 2.00 bits per heavy atom. The lowest BCUT2D eigenvalue weighted by atomic mass is 9.82. The van der Waals surface area contributed by atoms with Crippen LogP contribution in [0.1, 0.15) is 55.7 Å². The van der Waals surface area contributed by atoms with Crippen molar-refractivity contribution in [3.63, 3.8) is 0 Å². The number of carbonyl (C=O) groups excluding carboxylic acids is 1. The molecule has 1 atom stereocenters. The van der Waals surface area contributed by atoms with Crippen molar-refractivity contribution in [3.8, 4) is 11.5 Å². The van der Waals surface area contributed by atoms with Crippen LogP contribution in [0.15, 0.2) is 28.8 Å². The number of nitrogens with zero attached hydrogens (tertiary/aromatic N) is 2. The SMILES string of the molecule is CC1(C)CCCC1CNC(=O)c1ccc(-c2nc(CCC(F)(F)F)no2)cc1. The number of hydrogen-bond donors (Lipinski definition) is 1. The Morgan fingerprint density at radius 1 is 1.29 bits per heavy atom. The van der Waals surface area contributed by atoms with Gasteiger partial charge < -0.3 is 9.84 Å². The quantitative estimate of drug-likeness (QED) is 0.764. The maximum Gasteiger partial charge on any atom is 0.389 e. The summed E-state index contributed by atoms with van der Waals surface area (Å²) in [6.07, 6.45) is -2.09. The molecule has 3 rings (SSSR count). The first kappa shape index (κ1) is 20.4. The van der Waals surface area contributed by atoms with Gasteiger partial charge in [0.1, 0.15) is 0 Å². The molecule has 1 aromatic heterocycles. The van der Waals surface area contributed by atoms with Crippen LogP contribution in [-0.4, -0.2) is 28.8 Å². The Kier molecular flexibility index (Phi) is 5.76. The van der Waals surface area contributed by atoms with Gasteiger partial charge in [-0.05, 0) is 48.4 Å². The van der Waals surface area contributed by atoms with E-state index in [-0.39, 0.29) is 29.5 Å². The molecule has 2 aromatic rings. The molecular weight excluding hydrogens is 371 g/mol. The van der Waals surface area contributed by atoms with Crippen molar-refractivity contribution in [2.75, 3.05) is 6.54 Å². The average molecular weight is 395 g/mol. The zero-order valence-corrected chi connectivity index (χ0v) is 16.0. The number of rotatable bonds is 6. The molecule has 1 aromatic carbocycles. The normalized spacial score (nSPS) is 19.0. The summed E-state index contributed by atoms with van der Waals surface area (Å²) in [6.45, 7) is 5.12. The number of amides is 1. The third-order valence-corrected chi connectivity index (χ3v) is 5.48. The largest absolute Gasteiger partial charge is 0.389 e. The highest BCUT2D eigenvalue weighted by Crippen LogP contribution is 2.42.